The standard InChI is InChI=1S/C17H26N2O2/c1-3-10-19(14-7-5-13(18)6-8-14)17(21)15-9-4-12(2)11-16(15)20/h4,9,11,13-14,20H,3,5-8,10,18H2,1-2H3. The molecule has 116 valence electrons. The van der Waals surface area contributed by atoms with Gasteiger partial charge in [0.1, 0.15) is 5.75 Å². The molecular formula is C17H26N2O2. The van der Waals surface area contributed by atoms with Crippen molar-refractivity contribution in [1.29, 1.82) is 0 Å². The van der Waals surface area contributed by atoms with E-state index in [2.05, 4.69) is 6.92 Å². The van der Waals surface area contributed by atoms with Crippen molar-refractivity contribution in [1.82, 2.24) is 4.90 Å². The number of nitrogens with two attached hydrogens (primary N) is 1. The maximum absolute atomic E-state index is 12.8. The van der Waals surface area contributed by atoms with Gasteiger partial charge < -0.3 is 15.7 Å². The fraction of sp³-hybridized carbons (Fsp3) is 0.588. The van der Waals surface area contributed by atoms with Gasteiger partial charge in [-0.1, -0.05) is 13.0 Å². The van der Waals surface area contributed by atoms with Gasteiger partial charge in [0.05, 0.1) is 5.56 Å². The van der Waals surface area contributed by atoms with Crippen molar-refractivity contribution in [3.63, 3.8) is 0 Å². The van der Waals surface area contributed by atoms with E-state index in [0.717, 1.165) is 44.2 Å². The van der Waals surface area contributed by atoms with Crippen LogP contribution in [0.5, 0.6) is 5.75 Å². The van der Waals surface area contributed by atoms with Gasteiger partial charge in [-0.3, -0.25) is 4.79 Å². The number of benzene rings is 1. The van der Waals surface area contributed by atoms with Gasteiger partial charge in [-0.15, -0.1) is 0 Å². The second-order valence-electron chi connectivity index (χ2n) is 6.09. The molecule has 1 aliphatic carbocycles. The fourth-order valence-electron chi connectivity index (χ4n) is 3.08. The lowest BCUT2D eigenvalue weighted by atomic mass is 9.90. The predicted octanol–water partition coefficient (Wildman–Crippen LogP) is 2.82. The number of rotatable bonds is 4. The van der Waals surface area contributed by atoms with Crippen molar-refractivity contribution in [2.45, 2.75) is 58.0 Å². The first kappa shape index (κ1) is 15.8. The SMILES string of the molecule is CCCN(C(=O)c1ccc(C)cc1O)C1CCC(N)CC1. The minimum absolute atomic E-state index is 0.0604. The molecule has 1 amide bonds. The average Bonchev–Trinajstić information content (AvgIpc) is 2.45. The number of hydrogen-bond donors (Lipinski definition) is 2. The van der Waals surface area contributed by atoms with E-state index in [9.17, 15) is 9.90 Å². The van der Waals surface area contributed by atoms with E-state index in [-0.39, 0.29) is 23.7 Å². The molecule has 21 heavy (non-hydrogen) atoms. The number of aromatic hydroxyl groups is 1. The number of nitrogens with zero attached hydrogens (tertiary/aromatic N) is 1. The Morgan fingerprint density at radius 1 is 1.33 bits per heavy atom. The molecule has 0 heterocycles. The lowest BCUT2D eigenvalue weighted by molar-refractivity contribution is 0.0623. The molecule has 0 saturated heterocycles. The van der Waals surface area contributed by atoms with Crippen LogP contribution in [0.2, 0.25) is 0 Å². The summed E-state index contributed by atoms with van der Waals surface area (Å²) >= 11 is 0. The highest BCUT2D eigenvalue weighted by Crippen LogP contribution is 2.26. The second kappa shape index (κ2) is 6.94. The molecular weight excluding hydrogens is 264 g/mol. The van der Waals surface area contributed by atoms with Gasteiger partial charge in [-0.25, -0.2) is 0 Å². The lowest BCUT2D eigenvalue weighted by Gasteiger charge is -2.36. The highest BCUT2D eigenvalue weighted by Gasteiger charge is 2.28. The van der Waals surface area contributed by atoms with E-state index in [1.807, 2.05) is 17.9 Å². The highest BCUT2D eigenvalue weighted by atomic mass is 16.3. The fourth-order valence-corrected chi connectivity index (χ4v) is 3.08. The Morgan fingerprint density at radius 2 is 2.00 bits per heavy atom. The summed E-state index contributed by atoms with van der Waals surface area (Å²) in [5.74, 6) is 0.0171. The average molecular weight is 290 g/mol. The number of carbonyl (C=O) groups excluding carboxylic acids is 1. The van der Waals surface area contributed by atoms with Crippen molar-refractivity contribution in [3.8, 4) is 5.75 Å². The number of phenols is 1. The minimum Gasteiger partial charge on any atom is -0.507 e. The molecule has 1 saturated carbocycles. The van der Waals surface area contributed by atoms with E-state index in [0.29, 0.717) is 5.56 Å². The molecule has 1 aliphatic rings. The highest BCUT2D eigenvalue weighted by molar-refractivity contribution is 5.97. The van der Waals surface area contributed by atoms with Crippen LogP contribution in [-0.2, 0) is 0 Å². The van der Waals surface area contributed by atoms with Crippen LogP contribution in [0.1, 0.15) is 54.9 Å². The van der Waals surface area contributed by atoms with Crippen molar-refractivity contribution in [2.24, 2.45) is 5.73 Å². The van der Waals surface area contributed by atoms with E-state index in [1.54, 1.807) is 12.1 Å². The van der Waals surface area contributed by atoms with Crippen molar-refractivity contribution >= 4 is 5.91 Å². The zero-order chi connectivity index (χ0) is 15.4. The summed E-state index contributed by atoms with van der Waals surface area (Å²) in [6, 6.07) is 5.76. The molecule has 0 unspecified atom stereocenters. The summed E-state index contributed by atoms with van der Waals surface area (Å²) in [7, 11) is 0. The quantitative estimate of drug-likeness (QED) is 0.896. The maximum Gasteiger partial charge on any atom is 0.257 e. The molecule has 1 fully saturated rings. The molecule has 1 aromatic rings. The van der Waals surface area contributed by atoms with Gasteiger partial charge in [0.25, 0.3) is 5.91 Å². The van der Waals surface area contributed by atoms with Crippen molar-refractivity contribution in [3.05, 3.63) is 29.3 Å². The largest absolute Gasteiger partial charge is 0.507 e. The minimum atomic E-state index is -0.0604. The van der Waals surface area contributed by atoms with Crippen LogP contribution in [0.25, 0.3) is 0 Å². The number of hydrogen-bond acceptors (Lipinski definition) is 3. The first-order valence-electron chi connectivity index (χ1n) is 7.89. The summed E-state index contributed by atoms with van der Waals surface area (Å²) in [6.45, 7) is 4.70. The second-order valence-corrected chi connectivity index (χ2v) is 6.09. The molecule has 3 N–H and O–H groups in total. The Bertz CT molecular complexity index is 494. The lowest BCUT2D eigenvalue weighted by Crippen LogP contribution is -2.44. The van der Waals surface area contributed by atoms with Crippen LogP contribution in [-0.4, -0.2) is 34.5 Å². The predicted molar refractivity (Wildman–Crippen MR) is 84.4 cm³/mol. The number of amides is 1. The number of aryl methyl sites for hydroxylation is 1. The van der Waals surface area contributed by atoms with Crippen molar-refractivity contribution in [2.75, 3.05) is 6.54 Å². The van der Waals surface area contributed by atoms with Crippen LogP contribution in [0.15, 0.2) is 18.2 Å². The molecule has 0 radical (unpaired) electrons. The molecule has 0 aliphatic heterocycles. The van der Waals surface area contributed by atoms with Crippen LogP contribution < -0.4 is 5.73 Å². The zero-order valence-corrected chi connectivity index (χ0v) is 13.0. The molecule has 0 bridgehead atoms. The van der Waals surface area contributed by atoms with Gasteiger partial charge in [0.15, 0.2) is 0 Å². The molecule has 1 aromatic carbocycles. The van der Waals surface area contributed by atoms with Gasteiger partial charge >= 0.3 is 0 Å². The van der Waals surface area contributed by atoms with Gasteiger partial charge in [0.2, 0.25) is 0 Å². The molecule has 4 nitrogen and oxygen atoms in total. The molecule has 2 rings (SSSR count). The first-order valence-corrected chi connectivity index (χ1v) is 7.89. The van der Waals surface area contributed by atoms with Gasteiger partial charge in [-0.2, -0.15) is 0 Å². The van der Waals surface area contributed by atoms with E-state index < -0.39 is 0 Å². The van der Waals surface area contributed by atoms with E-state index in [1.165, 1.54) is 0 Å². The van der Waals surface area contributed by atoms with Crippen molar-refractivity contribution < 1.29 is 9.90 Å². The third-order valence-electron chi connectivity index (χ3n) is 4.29. The normalized spacial score (nSPS) is 22.0. The number of phenolic OH excluding ortho intramolecular Hbond substituents is 1. The third-order valence-corrected chi connectivity index (χ3v) is 4.29. The Hall–Kier alpha value is -1.55. The summed E-state index contributed by atoms with van der Waals surface area (Å²) in [4.78, 5) is 14.7. The first-order chi connectivity index (χ1) is 10.0. The monoisotopic (exact) mass is 290 g/mol. The Labute approximate surface area is 126 Å². The summed E-state index contributed by atoms with van der Waals surface area (Å²) < 4.78 is 0. The molecule has 0 spiro atoms. The Balaban J connectivity index is 2.18. The van der Waals surface area contributed by atoms with Crippen LogP contribution in [0.3, 0.4) is 0 Å². The molecule has 0 aromatic heterocycles. The third kappa shape index (κ3) is 3.76. The zero-order valence-electron chi connectivity index (χ0n) is 13.0. The van der Waals surface area contributed by atoms with Gasteiger partial charge in [0, 0.05) is 18.6 Å². The maximum atomic E-state index is 12.8. The van der Waals surface area contributed by atoms with E-state index in [4.69, 9.17) is 5.73 Å². The Morgan fingerprint density at radius 3 is 2.57 bits per heavy atom. The topological polar surface area (TPSA) is 66.6 Å². The van der Waals surface area contributed by atoms with Crippen LogP contribution in [0, 0.1) is 6.92 Å². The smallest absolute Gasteiger partial charge is 0.257 e. The summed E-state index contributed by atoms with van der Waals surface area (Å²) in [6.07, 6.45) is 4.77. The van der Waals surface area contributed by atoms with E-state index >= 15 is 0 Å². The number of carbonyl (C=O) groups is 1. The Kier molecular flexibility index (Phi) is 5.23. The molecule has 4 heteroatoms. The summed E-state index contributed by atoms with van der Waals surface area (Å²) in [5, 5.41) is 10.1. The van der Waals surface area contributed by atoms with Gasteiger partial charge in [-0.05, 0) is 56.7 Å². The van der Waals surface area contributed by atoms with Crippen LogP contribution >= 0.6 is 0 Å². The van der Waals surface area contributed by atoms with Crippen LogP contribution in [0.4, 0.5) is 0 Å². The summed E-state index contributed by atoms with van der Waals surface area (Å²) in [5.41, 5.74) is 7.32. The molecule has 0 atom stereocenters.